The van der Waals surface area contributed by atoms with Gasteiger partial charge in [0.15, 0.2) is 5.78 Å². The van der Waals surface area contributed by atoms with Gasteiger partial charge in [0.05, 0.1) is 27.1 Å². The Balaban J connectivity index is 2.00. The lowest BCUT2D eigenvalue weighted by molar-refractivity contribution is -0.870. The third kappa shape index (κ3) is 6.09. The van der Waals surface area contributed by atoms with Crippen molar-refractivity contribution in [1.29, 1.82) is 0 Å². The number of carbonyl (C=O) groups excluding carboxylic acids is 2. The number of hydrogen-bond acceptors (Lipinski definition) is 5. The van der Waals surface area contributed by atoms with E-state index in [4.69, 9.17) is 9.47 Å². The van der Waals surface area contributed by atoms with Crippen LogP contribution in [0, 0.1) is 0 Å². The van der Waals surface area contributed by atoms with E-state index in [1.165, 1.54) is 13.8 Å². The zero-order chi connectivity index (χ0) is 20.9. The fourth-order valence-corrected chi connectivity index (χ4v) is 2.32. The second kappa shape index (κ2) is 8.44. The fourth-order valence-electron chi connectivity index (χ4n) is 2.32. The Morgan fingerprint density at radius 1 is 0.893 bits per heavy atom. The smallest absolute Gasteiger partial charge is 0.193 e. The van der Waals surface area contributed by atoms with Crippen molar-refractivity contribution in [2.24, 2.45) is 0 Å². The molecule has 0 saturated carbocycles. The molecule has 0 radical (unpaired) electrons. The summed E-state index contributed by atoms with van der Waals surface area (Å²) in [6.07, 6.45) is 0. The number of hydrogen-bond donors (Lipinski definition) is 0. The topological polar surface area (TPSA) is 75.7 Å². The first kappa shape index (κ1) is 21.4. The Labute approximate surface area is 165 Å². The van der Waals surface area contributed by atoms with Crippen LogP contribution < -0.4 is 14.6 Å². The van der Waals surface area contributed by atoms with Crippen LogP contribution in [0.15, 0.2) is 48.5 Å². The summed E-state index contributed by atoms with van der Waals surface area (Å²) in [6.45, 7) is 4.29. The van der Waals surface area contributed by atoms with Crippen molar-refractivity contribution in [3.05, 3.63) is 59.7 Å². The average Bonchev–Trinajstić information content (AvgIpc) is 2.61. The molecule has 2 rings (SSSR count). The van der Waals surface area contributed by atoms with Gasteiger partial charge in [-0.1, -0.05) is 0 Å². The van der Waals surface area contributed by atoms with Gasteiger partial charge < -0.3 is 23.9 Å². The van der Waals surface area contributed by atoms with E-state index in [9.17, 15) is 14.7 Å². The molecule has 6 nitrogen and oxygen atoms in total. The SMILES string of the molecule is CC(C)(Oc1ccc(C(=O)c2ccc(OCC[N+](C)(C)C)cc2)cc1)C(=O)[O-]. The molecule has 0 amide bonds. The molecule has 0 saturated heterocycles. The number of aliphatic carboxylic acids is 1. The van der Waals surface area contributed by atoms with Crippen LogP contribution in [0.5, 0.6) is 11.5 Å². The fraction of sp³-hybridized carbons (Fsp3) is 0.364. The monoisotopic (exact) mass is 385 g/mol. The summed E-state index contributed by atoms with van der Waals surface area (Å²) in [5, 5.41) is 11.0. The third-order valence-electron chi connectivity index (χ3n) is 4.13. The molecule has 0 heterocycles. The number of ether oxygens (including phenoxy) is 2. The number of rotatable bonds is 9. The number of carbonyl (C=O) groups is 2. The van der Waals surface area contributed by atoms with Crippen LogP contribution in [0.3, 0.4) is 0 Å². The maximum Gasteiger partial charge on any atom is 0.193 e. The second-order valence-electron chi connectivity index (χ2n) is 8.14. The van der Waals surface area contributed by atoms with Crippen LogP contribution in [-0.4, -0.2) is 56.1 Å². The molecule has 0 atom stereocenters. The highest BCUT2D eigenvalue weighted by molar-refractivity contribution is 6.09. The lowest BCUT2D eigenvalue weighted by Crippen LogP contribution is -2.47. The number of ketones is 1. The molecule has 6 heteroatoms. The molecule has 0 bridgehead atoms. The number of carboxylic acids is 1. The van der Waals surface area contributed by atoms with Crippen LogP contribution in [0.25, 0.3) is 0 Å². The predicted octanol–water partition coefficient (Wildman–Crippen LogP) is 1.91. The highest BCUT2D eigenvalue weighted by atomic mass is 16.5. The van der Waals surface area contributed by atoms with Gasteiger partial charge in [0.25, 0.3) is 0 Å². The molecule has 150 valence electrons. The van der Waals surface area contributed by atoms with E-state index in [0.29, 0.717) is 23.5 Å². The number of benzene rings is 2. The Hall–Kier alpha value is -2.86. The van der Waals surface area contributed by atoms with Crippen LogP contribution in [0.4, 0.5) is 0 Å². The maximum absolute atomic E-state index is 12.6. The molecular formula is C22H27NO5. The molecule has 0 aromatic heterocycles. The number of quaternary nitrogens is 1. The van der Waals surface area contributed by atoms with Crippen molar-refractivity contribution in [2.75, 3.05) is 34.3 Å². The summed E-state index contributed by atoms with van der Waals surface area (Å²) in [7, 11) is 6.29. The Kier molecular flexibility index (Phi) is 6.46. The van der Waals surface area contributed by atoms with Crippen molar-refractivity contribution in [2.45, 2.75) is 19.4 Å². The van der Waals surface area contributed by atoms with Gasteiger partial charge in [0.2, 0.25) is 0 Å². The van der Waals surface area contributed by atoms with Crippen molar-refractivity contribution < 1.29 is 28.7 Å². The number of carboxylic acid groups (broad SMARTS) is 1. The summed E-state index contributed by atoms with van der Waals surface area (Å²) in [5.41, 5.74) is -0.423. The molecular weight excluding hydrogens is 358 g/mol. The minimum Gasteiger partial charge on any atom is -0.546 e. The maximum atomic E-state index is 12.6. The summed E-state index contributed by atoms with van der Waals surface area (Å²) >= 11 is 0. The van der Waals surface area contributed by atoms with Crippen LogP contribution in [0.1, 0.15) is 29.8 Å². The largest absolute Gasteiger partial charge is 0.546 e. The molecule has 0 fully saturated rings. The Morgan fingerprint density at radius 3 is 1.79 bits per heavy atom. The van der Waals surface area contributed by atoms with E-state index in [1.807, 2.05) is 0 Å². The van der Waals surface area contributed by atoms with Crippen molar-refractivity contribution in [1.82, 2.24) is 0 Å². The van der Waals surface area contributed by atoms with Crippen molar-refractivity contribution in [3.63, 3.8) is 0 Å². The summed E-state index contributed by atoms with van der Waals surface area (Å²) < 4.78 is 11.9. The van der Waals surface area contributed by atoms with E-state index in [-0.39, 0.29) is 5.78 Å². The number of likely N-dealkylation sites (N-methyl/N-ethyl adjacent to an activating group) is 1. The molecule has 0 N–H and O–H groups in total. The highest BCUT2D eigenvalue weighted by Crippen LogP contribution is 2.21. The molecule has 0 aliphatic carbocycles. The quantitative estimate of drug-likeness (QED) is 0.487. The van der Waals surface area contributed by atoms with E-state index in [1.54, 1.807) is 48.5 Å². The van der Waals surface area contributed by atoms with Crippen LogP contribution in [0.2, 0.25) is 0 Å². The number of nitrogens with zero attached hydrogens (tertiary/aromatic N) is 1. The van der Waals surface area contributed by atoms with Gasteiger partial charge in [-0.2, -0.15) is 0 Å². The zero-order valence-electron chi connectivity index (χ0n) is 17.0. The molecule has 2 aromatic rings. The van der Waals surface area contributed by atoms with Gasteiger partial charge in [-0.15, -0.1) is 0 Å². The molecule has 0 aliphatic heterocycles. The summed E-state index contributed by atoms with van der Waals surface area (Å²) in [5.74, 6) is -0.370. The molecule has 2 aromatic carbocycles. The Bertz CT molecular complexity index is 818. The lowest BCUT2D eigenvalue weighted by Gasteiger charge is -2.27. The highest BCUT2D eigenvalue weighted by Gasteiger charge is 2.21. The van der Waals surface area contributed by atoms with E-state index in [2.05, 4.69) is 21.1 Å². The third-order valence-corrected chi connectivity index (χ3v) is 4.13. The van der Waals surface area contributed by atoms with Gasteiger partial charge in [-0.05, 0) is 62.4 Å². The van der Waals surface area contributed by atoms with Gasteiger partial charge in [0, 0.05) is 11.1 Å². The molecule has 0 aliphatic rings. The van der Waals surface area contributed by atoms with E-state index >= 15 is 0 Å². The van der Waals surface area contributed by atoms with E-state index in [0.717, 1.165) is 16.8 Å². The molecule has 28 heavy (non-hydrogen) atoms. The first-order chi connectivity index (χ1) is 13.0. The molecule has 0 unspecified atom stereocenters. The zero-order valence-corrected chi connectivity index (χ0v) is 17.0. The second-order valence-corrected chi connectivity index (χ2v) is 8.14. The minimum absolute atomic E-state index is 0.136. The minimum atomic E-state index is -1.45. The van der Waals surface area contributed by atoms with Crippen LogP contribution in [-0.2, 0) is 4.79 Å². The summed E-state index contributed by atoms with van der Waals surface area (Å²) in [4.78, 5) is 23.6. The normalized spacial score (nSPS) is 11.8. The van der Waals surface area contributed by atoms with Gasteiger partial charge in [0.1, 0.15) is 30.3 Å². The lowest BCUT2D eigenvalue weighted by atomic mass is 10.0. The van der Waals surface area contributed by atoms with Gasteiger partial charge in [-0.25, -0.2) is 0 Å². The van der Waals surface area contributed by atoms with Crippen molar-refractivity contribution in [3.8, 4) is 11.5 Å². The summed E-state index contributed by atoms with van der Waals surface area (Å²) in [6, 6.07) is 13.4. The first-order valence-electron chi connectivity index (χ1n) is 9.06. The van der Waals surface area contributed by atoms with E-state index < -0.39 is 11.6 Å². The standard InChI is InChI=1S/C22H27NO5/c1-22(2,21(25)26)28-19-12-8-17(9-13-19)20(24)16-6-10-18(11-7-16)27-15-14-23(3,4)5/h6-13H,14-15H2,1-5H3. The molecule has 0 spiro atoms. The van der Waals surface area contributed by atoms with Crippen molar-refractivity contribution >= 4 is 11.8 Å². The average molecular weight is 385 g/mol. The van der Waals surface area contributed by atoms with Crippen LogP contribution >= 0.6 is 0 Å². The first-order valence-corrected chi connectivity index (χ1v) is 9.06. The predicted molar refractivity (Wildman–Crippen MR) is 104 cm³/mol. The van der Waals surface area contributed by atoms with Gasteiger partial charge in [-0.3, -0.25) is 4.79 Å². The Morgan fingerprint density at radius 2 is 1.36 bits per heavy atom. The van der Waals surface area contributed by atoms with Gasteiger partial charge >= 0.3 is 0 Å².